The molecule has 0 unspecified atom stereocenters. The number of halogens is 1. The first kappa shape index (κ1) is 21.5. The van der Waals surface area contributed by atoms with Crippen molar-refractivity contribution in [2.24, 2.45) is 7.05 Å². The Bertz CT molecular complexity index is 1310. The highest BCUT2D eigenvalue weighted by Gasteiger charge is 2.23. The van der Waals surface area contributed by atoms with E-state index in [2.05, 4.69) is 10.6 Å². The summed E-state index contributed by atoms with van der Waals surface area (Å²) in [6, 6.07) is 21.3. The van der Waals surface area contributed by atoms with Gasteiger partial charge < -0.3 is 20.3 Å². The lowest BCUT2D eigenvalue weighted by Gasteiger charge is -2.16. The number of nitrogens with one attached hydrogen (secondary N) is 2. The van der Waals surface area contributed by atoms with Crippen molar-refractivity contribution >= 4 is 45.8 Å². The molecule has 0 aliphatic heterocycles. The van der Waals surface area contributed by atoms with E-state index in [0.717, 1.165) is 22.2 Å². The maximum Gasteiger partial charge on any atom is 0.335 e. The molecule has 32 heavy (non-hydrogen) atoms. The van der Waals surface area contributed by atoms with Crippen LogP contribution in [0.4, 0.5) is 11.4 Å². The Hall–Kier alpha value is -3.77. The van der Waals surface area contributed by atoms with E-state index in [1.807, 2.05) is 54.9 Å². The van der Waals surface area contributed by atoms with Crippen molar-refractivity contribution in [3.63, 3.8) is 0 Å². The van der Waals surface area contributed by atoms with Crippen LogP contribution in [0.1, 0.15) is 39.4 Å². The third kappa shape index (κ3) is 4.18. The molecule has 4 rings (SSSR count). The maximum atomic E-state index is 13.4. The largest absolute Gasteiger partial charge is 0.478 e. The fourth-order valence-electron chi connectivity index (χ4n) is 3.76. The van der Waals surface area contributed by atoms with Gasteiger partial charge in [0.05, 0.1) is 22.8 Å². The Morgan fingerprint density at radius 1 is 1.00 bits per heavy atom. The highest BCUT2D eigenvalue weighted by Crippen LogP contribution is 2.33. The predicted molar refractivity (Wildman–Crippen MR) is 127 cm³/mol. The molecule has 0 bridgehead atoms. The third-order valence-corrected chi connectivity index (χ3v) is 5.66. The van der Waals surface area contributed by atoms with Gasteiger partial charge in [-0.3, -0.25) is 4.79 Å². The summed E-state index contributed by atoms with van der Waals surface area (Å²) in [6.45, 7) is 1.86. The second-order valence-corrected chi connectivity index (χ2v) is 7.99. The monoisotopic (exact) mass is 447 g/mol. The number of carboxylic acid groups (broad SMARTS) is 1. The van der Waals surface area contributed by atoms with E-state index in [1.165, 1.54) is 12.1 Å². The standard InChI is InChI=1S/C25H22ClN3O3/c1-15(16-10-12-17(13-11-16)25(31)32)27-24(30)23-22(28-19-7-5-6-18(26)14-19)20-8-3-4-9-21(20)29(23)2/h3-15,28H,1-2H3,(H,27,30)(H,31,32)/t15-/m0/s1. The molecular formula is C25H22ClN3O3. The molecule has 3 N–H and O–H groups in total. The van der Waals surface area contributed by atoms with Crippen LogP contribution in [0.25, 0.3) is 10.9 Å². The molecule has 1 heterocycles. The fraction of sp³-hybridized carbons (Fsp3) is 0.120. The SMILES string of the molecule is C[C@H](NC(=O)c1c(Nc2cccc(Cl)c2)c2ccccc2n1C)c1ccc(C(=O)O)cc1. The number of aromatic carboxylic acids is 1. The van der Waals surface area contributed by atoms with Gasteiger partial charge in [0, 0.05) is 23.1 Å². The molecule has 3 aromatic carbocycles. The summed E-state index contributed by atoms with van der Waals surface area (Å²) in [5.41, 5.74) is 3.89. The lowest BCUT2D eigenvalue weighted by atomic mass is 10.1. The smallest absolute Gasteiger partial charge is 0.335 e. The second-order valence-electron chi connectivity index (χ2n) is 7.56. The highest BCUT2D eigenvalue weighted by molar-refractivity contribution is 6.30. The number of amides is 1. The molecule has 4 aromatic rings. The van der Waals surface area contributed by atoms with Gasteiger partial charge >= 0.3 is 5.97 Å². The van der Waals surface area contributed by atoms with Gasteiger partial charge in [-0.25, -0.2) is 4.79 Å². The molecule has 0 radical (unpaired) electrons. The number of nitrogens with zero attached hydrogens (tertiary/aromatic N) is 1. The Balaban J connectivity index is 1.68. The van der Waals surface area contributed by atoms with Crippen LogP contribution in [0.5, 0.6) is 0 Å². The van der Waals surface area contributed by atoms with Gasteiger partial charge in [0.25, 0.3) is 5.91 Å². The fourth-order valence-corrected chi connectivity index (χ4v) is 3.95. The number of aryl methyl sites for hydroxylation is 1. The quantitative estimate of drug-likeness (QED) is 0.350. The topological polar surface area (TPSA) is 83.4 Å². The van der Waals surface area contributed by atoms with Crippen LogP contribution in [-0.2, 0) is 7.05 Å². The summed E-state index contributed by atoms with van der Waals surface area (Å²) in [4.78, 5) is 24.5. The second kappa shape index (κ2) is 8.77. The predicted octanol–water partition coefficient (Wildman–Crippen LogP) is 5.76. The van der Waals surface area contributed by atoms with Crippen LogP contribution >= 0.6 is 11.6 Å². The van der Waals surface area contributed by atoms with Crippen LogP contribution in [0.2, 0.25) is 5.02 Å². The average molecular weight is 448 g/mol. The molecule has 0 aliphatic carbocycles. The van der Waals surface area contributed by atoms with Crippen LogP contribution in [-0.4, -0.2) is 21.6 Å². The summed E-state index contributed by atoms with van der Waals surface area (Å²) in [5.74, 6) is -1.23. The molecule has 0 spiro atoms. The van der Waals surface area contributed by atoms with E-state index in [4.69, 9.17) is 16.7 Å². The highest BCUT2D eigenvalue weighted by atomic mass is 35.5. The van der Waals surface area contributed by atoms with Crippen LogP contribution < -0.4 is 10.6 Å². The molecule has 162 valence electrons. The van der Waals surface area contributed by atoms with E-state index in [0.29, 0.717) is 16.4 Å². The van der Waals surface area contributed by atoms with Crippen molar-refractivity contribution < 1.29 is 14.7 Å². The van der Waals surface area contributed by atoms with Gasteiger partial charge in [-0.1, -0.05) is 48.0 Å². The lowest BCUT2D eigenvalue weighted by Crippen LogP contribution is -2.29. The van der Waals surface area contributed by atoms with Crippen molar-refractivity contribution in [1.82, 2.24) is 9.88 Å². The van der Waals surface area contributed by atoms with Crippen LogP contribution in [0.15, 0.2) is 72.8 Å². The number of aromatic nitrogens is 1. The van der Waals surface area contributed by atoms with Crippen molar-refractivity contribution in [2.45, 2.75) is 13.0 Å². The number of para-hydroxylation sites is 1. The summed E-state index contributed by atoms with van der Waals surface area (Å²) in [6.07, 6.45) is 0. The number of anilines is 2. The Morgan fingerprint density at radius 3 is 2.41 bits per heavy atom. The zero-order valence-electron chi connectivity index (χ0n) is 17.6. The Labute approximate surface area is 190 Å². The summed E-state index contributed by atoms with van der Waals surface area (Å²) in [7, 11) is 1.85. The van der Waals surface area contributed by atoms with E-state index in [9.17, 15) is 9.59 Å². The van der Waals surface area contributed by atoms with Crippen molar-refractivity contribution in [3.05, 3.63) is 94.6 Å². The van der Waals surface area contributed by atoms with Gasteiger partial charge in [0.2, 0.25) is 0 Å². The van der Waals surface area contributed by atoms with Crippen molar-refractivity contribution in [1.29, 1.82) is 0 Å². The van der Waals surface area contributed by atoms with E-state index >= 15 is 0 Å². The van der Waals surface area contributed by atoms with E-state index in [1.54, 1.807) is 24.3 Å². The minimum Gasteiger partial charge on any atom is -0.478 e. The van der Waals surface area contributed by atoms with Gasteiger partial charge in [0.1, 0.15) is 5.69 Å². The maximum absolute atomic E-state index is 13.4. The van der Waals surface area contributed by atoms with Gasteiger partial charge in [0.15, 0.2) is 0 Å². The number of benzene rings is 3. The summed E-state index contributed by atoms with van der Waals surface area (Å²) in [5, 5.41) is 17.0. The first-order valence-electron chi connectivity index (χ1n) is 10.1. The number of hydrogen-bond acceptors (Lipinski definition) is 3. The van der Waals surface area contributed by atoms with Crippen LogP contribution in [0, 0.1) is 0 Å². The number of carbonyl (C=O) groups excluding carboxylic acids is 1. The average Bonchev–Trinajstić information content (AvgIpc) is 3.05. The molecule has 1 amide bonds. The molecule has 0 saturated carbocycles. The minimum absolute atomic E-state index is 0.203. The number of rotatable bonds is 6. The molecule has 0 aliphatic rings. The van der Waals surface area contributed by atoms with Crippen LogP contribution in [0.3, 0.4) is 0 Å². The normalized spacial score (nSPS) is 11.8. The summed E-state index contributed by atoms with van der Waals surface area (Å²) < 4.78 is 1.86. The number of carboxylic acids is 1. The summed E-state index contributed by atoms with van der Waals surface area (Å²) >= 11 is 6.14. The Kier molecular flexibility index (Phi) is 5.88. The minimum atomic E-state index is -0.986. The van der Waals surface area contributed by atoms with Gasteiger partial charge in [-0.15, -0.1) is 0 Å². The van der Waals surface area contributed by atoms with Gasteiger partial charge in [-0.2, -0.15) is 0 Å². The lowest BCUT2D eigenvalue weighted by molar-refractivity contribution is 0.0696. The number of carbonyl (C=O) groups is 2. The number of hydrogen-bond donors (Lipinski definition) is 3. The zero-order chi connectivity index (χ0) is 22.8. The molecule has 7 heteroatoms. The molecule has 6 nitrogen and oxygen atoms in total. The Morgan fingerprint density at radius 2 is 1.72 bits per heavy atom. The first-order valence-corrected chi connectivity index (χ1v) is 10.5. The zero-order valence-corrected chi connectivity index (χ0v) is 18.4. The molecular weight excluding hydrogens is 426 g/mol. The first-order chi connectivity index (χ1) is 15.3. The van der Waals surface area contributed by atoms with Crippen molar-refractivity contribution in [3.8, 4) is 0 Å². The van der Waals surface area contributed by atoms with Crippen molar-refractivity contribution in [2.75, 3.05) is 5.32 Å². The molecule has 0 saturated heterocycles. The molecule has 0 fully saturated rings. The molecule has 1 aromatic heterocycles. The van der Waals surface area contributed by atoms with Gasteiger partial charge in [-0.05, 0) is 48.9 Å². The third-order valence-electron chi connectivity index (χ3n) is 5.42. The van der Waals surface area contributed by atoms with E-state index < -0.39 is 5.97 Å². The van der Waals surface area contributed by atoms with E-state index in [-0.39, 0.29) is 17.5 Å². The molecule has 1 atom stereocenters. The number of fused-ring (bicyclic) bond motifs is 1.